The zero-order chi connectivity index (χ0) is 12.6. The van der Waals surface area contributed by atoms with Crippen LogP contribution in [0.3, 0.4) is 0 Å². The molecule has 17 heavy (non-hydrogen) atoms. The van der Waals surface area contributed by atoms with Crippen molar-refractivity contribution in [2.24, 2.45) is 0 Å². The molecule has 1 fully saturated rings. The van der Waals surface area contributed by atoms with Gasteiger partial charge in [-0.3, -0.25) is 5.10 Å². The van der Waals surface area contributed by atoms with Gasteiger partial charge in [0, 0.05) is 24.8 Å². The van der Waals surface area contributed by atoms with E-state index in [4.69, 9.17) is 12.2 Å². The molecule has 1 aliphatic carbocycles. The van der Waals surface area contributed by atoms with Crippen LogP contribution >= 0.6 is 12.2 Å². The number of hydrogen-bond acceptors (Lipinski definition) is 2. The Morgan fingerprint density at radius 3 is 2.53 bits per heavy atom. The van der Waals surface area contributed by atoms with Crippen LogP contribution in [0.2, 0.25) is 0 Å². The summed E-state index contributed by atoms with van der Waals surface area (Å²) >= 11 is 5.16. The highest BCUT2D eigenvalue weighted by molar-refractivity contribution is 7.71. The third-order valence-electron chi connectivity index (χ3n) is 3.33. The molecule has 0 bridgehead atoms. The van der Waals surface area contributed by atoms with Gasteiger partial charge in [0.05, 0.1) is 0 Å². The molecular formula is C11H17F2N3S. The van der Waals surface area contributed by atoms with E-state index >= 15 is 0 Å². The molecule has 1 N–H and O–H groups in total. The zero-order valence-electron chi connectivity index (χ0n) is 10.0. The molecule has 0 spiro atoms. The molecule has 6 heteroatoms. The molecular weight excluding hydrogens is 244 g/mol. The summed E-state index contributed by atoms with van der Waals surface area (Å²) in [7, 11) is 0. The van der Waals surface area contributed by atoms with Crippen LogP contribution in [0.25, 0.3) is 0 Å². The molecule has 0 aliphatic heterocycles. The summed E-state index contributed by atoms with van der Waals surface area (Å²) in [5.74, 6) is -1.56. The predicted molar refractivity (Wildman–Crippen MR) is 64.0 cm³/mol. The van der Waals surface area contributed by atoms with Gasteiger partial charge >= 0.3 is 0 Å². The zero-order valence-corrected chi connectivity index (χ0v) is 10.9. The van der Waals surface area contributed by atoms with E-state index in [0.717, 1.165) is 5.82 Å². The summed E-state index contributed by atoms with van der Waals surface area (Å²) in [6.07, 6.45) is 0.878. The Kier molecular flexibility index (Phi) is 3.34. The first-order valence-electron chi connectivity index (χ1n) is 5.95. The van der Waals surface area contributed by atoms with Gasteiger partial charge in [-0.1, -0.05) is 0 Å². The van der Waals surface area contributed by atoms with Gasteiger partial charge in [-0.2, -0.15) is 5.10 Å². The van der Waals surface area contributed by atoms with E-state index < -0.39 is 5.92 Å². The van der Waals surface area contributed by atoms with E-state index in [2.05, 4.69) is 10.2 Å². The van der Waals surface area contributed by atoms with Crippen molar-refractivity contribution >= 4 is 12.2 Å². The van der Waals surface area contributed by atoms with Gasteiger partial charge in [0.15, 0.2) is 4.77 Å². The summed E-state index contributed by atoms with van der Waals surface area (Å²) < 4.78 is 28.7. The Balaban J connectivity index is 2.22. The largest absolute Gasteiger partial charge is 0.301 e. The highest BCUT2D eigenvalue weighted by Crippen LogP contribution is 2.40. The molecule has 1 aliphatic rings. The fourth-order valence-corrected chi connectivity index (χ4v) is 2.75. The third kappa shape index (κ3) is 2.56. The highest BCUT2D eigenvalue weighted by Gasteiger charge is 2.37. The van der Waals surface area contributed by atoms with Crippen molar-refractivity contribution in [1.82, 2.24) is 14.8 Å². The fourth-order valence-electron chi connectivity index (χ4n) is 2.40. The Labute approximate surface area is 104 Å². The summed E-state index contributed by atoms with van der Waals surface area (Å²) in [5, 5.41) is 6.97. The lowest BCUT2D eigenvalue weighted by Crippen LogP contribution is -2.25. The molecule has 96 valence electrons. The lowest BCUT2D eigenvalue weighted by molar-refractivity contribution is -0.0390. The van der Waals surface area contributed by atoms with Crippen molar-refractivity contribution in [3.63, 3.8) is 0 Å². The second-order valence-electron chi connectivity index (χ2n) is 4.98. The van der Waals surface area contributed by atoms with Crippen molar-refractivity contribution in [3.8, 4) is 0 Å². The van der Waals surface area contributed by atoms with Crippen molar-refractivity contribution in [2.75, 3.05) is 0 Å². The van der Waals surface area contributed by atoms with E-state index in [1.807, 2.05) is 18.4 Å². The van der Waals surface area contributed by atoms with E-state index in [1.54, 1.807) is 0 Å². The number of aromatic nitrogens is 3. The van der Waals surface area contributed by atoms with Gasteiger partial charge < -0.3 is 4.57 Å². The molecule has 2 rings (SSSR count). The maximum atomic E-state index is 13.1. The normalized spacial score (nSPS) is 21.0. The van der Waals surface area contributed by atoms with Crippen LogP contribution in [0, 0.1) is 4.77 Å². The van der Waals surface area contributed by atoms with Gasteiger partial charge in [-0.05, 0) is 38.9 Å². The molecule has 0 unspecified atom stereocenters. The smallest absolute Gasteiger partial charge is 0.248 e. The minimum Gasteiger partial charge on any atom is -0.301 e. The second kappa shape index (κ2) is 4.48. The first-order valence-corrected chi connectivity index (χ1v) is 6.36. The van der Waals surface area contributed by atoms with Crippen molar-refractivity contribution in [2.45, 2.75) is 57.4 Å². The Morgan fingerprint density at radius 1 is 1.41 bits per heavy atom. The van der Waals surface area contributed by atoms with Crippen LogP contribution in [0.15, 0.2) is 0 Å². The SMILES string of the molecule is CC(C)n1c(C2CCC(F)(F)CC2)n[nH]c1=S. The van der Waals surface area contributed by atoms with E-state index in [-0.39, 0.29) is 24.8 Å². The van der Waals surface area contributed by atoms with Crippen LogP contribution in [-0.2, 0) is 0 Å². The van der Waals surface area contributed by atoms with Crippen molar-refractivity contribution in [1.29, 1.82) is 0 Å². The molecule has 1 heterocycles. The second-order valence-corrected chi connectivity index (χ2v) is 5.37. The highest BCUT2D eigenvalue weighted by atomic mass is 32.1. The number of H-pyrrole nitrogens is 1. The monoisotopic (exact) mass is 261 g/mol. The lowest BCUT2D eigenvalue weighted by Gasteiger charge is -2.28. The standard InChI is InChI=1S/C11H17F2N3S/c1-7(2)16-9(14-15-10(16)17)8-3-5-11(12,13)6-4-8/h7-8H,3-6H2,1-2H3,(H,15,17). The first-order chi connectivity index (χ1) is 7.91. The van der Waals surface area contributed by atoms with E-state index in [0.29, 0.717) is 17.6 Å². The molecule has 0 aromatic carbocycles. The average Bonchev–Trinajstić information content (AvgIpc) is 2.60. The molecule has 0 saturated heterocycles. The maximum Gasteiger partial charge on any atom is 0.248 e. The number of halogens is 2. The van der Waals surface area contributed by atoms with Gasteiger partial charge in [0.25, 0.3) is 0 Å². The lowest BCUT2D eigenvalue weighted by atomic mass is 9.86. The van der Waals surface area contributed by atoms with Crippen molar-refractivity contribution < 1.29 is 8.78 Å². The number of hydrogen-bond donors (Lipinski definition) is 1. The number of alkyl halides is 2. The van der Waals surface area contributed by atoms with E-state index in [1.165, 1.54) is 0 Å². The fraction of sp³-hybridized carbons (Fsp3) is 0.818. The van der Waals surface area contributed by atoms with Crippen LogP contribution < -0.4 is 0 Å². The Hall–Kier alpha value is -0.780. The summed E-state index contributed by atoms with van der Waals surface area (Å²) in [6, 6.07) is 0.207. The Morgan fingerprint density at radius 2 is 2.00 bits per heavy atom. The summed E-state index contributed by atoms with van der Waals surface area (Å²) in [4.78, 5) is 0. The minimum atomic E-state index is -2.49. The van der Waals surface area contributed by atoms with Gasteiger partial charge in [-0.15, -0.1) is 0 Å². The van der Waals surface area contributed by atoms with Crippen LogP contribution in [-0.4, -0.2) is 20.7 Å². The Bertz CT molecular complexity index is 440. The predicted octanol–water partition coefficient (Wildman–Crippen LogP) is 3.81. The number of nitrogens with one attached hydrogen (secondary N) is 1. The van der Waals surface area contributed by atoms with Crippen LogP contribution in [0.4, 0.5) is 8.78 Å². The van der Waals surface area contributed by atoms with Crippen LogP contribution in [0.5, 0.6) is 0 Å². The molecule has 0 amide bonds. The summed E-state index contributed by atoms with van der Waals surface area (Å²) in [5.41, 5.74) is 0. The minimum absolute atomic E-state index is 0.0462. The maximum absolute atomic E-state index is 13.1. The van der Waals surface area contributed by atoms with Gasteiger partial charge in [0.2, 0.25) is 5.92 Å². The van der Waals surface area contributed by atoms with E-state index in [9.17, 15) is 8.78 Å². The molecule has 0 atom stereocenters. The third-order valence-corrected chi connectivity index (χ3v) is 3.62. The molecule has 1 aromatic heterocycles. The molecule has 1 saturated carbocycles. The van der Waals surface area contributed by atoms with Crippen LogP contribution in [0.1, 0.15) is 57.3 Å². The first kappa shape index (κ1) is 12.7. The molecule has 3 nitrogen and oxygen atoms in total. The van der Waals surface area contributed by atoms with Gasteiger partial charge in [-0.25, -0.2) is 8.78 Å². The number of rotatable bonds is 2. The number of nitrogens with zero attached hydrogens (tertiary/aromatic N) is 2. The summed E-state index contributed by atoms with van der Waals surface area (Å²) in [6.45, 7) is 4.04. The molecule has 0 radical (unpaired) electrons. The quantitative estimate of drug-likeness (QED) is 0.821. The topological polar surface area (TPSA) is 33.6 Å². The molecule has 1 aromatic rings. The van der Waals surface area contributed by atoms with Gasteiger partial charge in [0.1, 0.15) is 5.82 Å². The number of aromatic amines is 1. The average molecular weight is 261 g/mol. The van der Waals surface area contributed by atoms with Crippen molar-refractivity contribution in [3.05, 3.63) is 10.6 Å².